The van der Waals surface area contributed by atoms with E-state index in [0.29, 0.717) is 47.4 Å². The fourth-order valence-corrected chi connectivity index (χ4v) is 5.37. The van der Waals surface area contributed by atoms with Crippen LogP contribution in [0.1, 0.15) is 61.9 Å². The number of nitrogens with zero attached hydrogens (tertiary/aromatic N) is 4. The summed E-state index contributed by atoms with van der Waals surface area (Å²) in [5.74, 6) is -2.05. The molecule has 8 nitrogen and oxygen atoms in total. The number of halogens is 2. The summed E-state index contributed by atoms with van der Waals surface area (Å²) in [6.45, 7) is 0. The summed E-state index contributed by atoms with van der Waals surface area (Å²) in [7, 11) is 1.71. The number of rotatable bonds is 7. The van der Waals surface area contributed by atoms with Crippen molar-refractivity contribution < 1.29 is 28.2 Å². The van der Waals surface area contributed by atoms with Gasteiger partial charge in [0.1, 0.15) is 11.6 Å². The van der Waals surface area contributed by atoms with E-state index in [1.54, 1.807) is 31.3 Å². The van der Waals surface area contributed by atoms with Crippen LogP contribution in [0, 0.1) is 11.6 Å². The average Bonchev–Trinajstić information content (AvgIpc) is 3.33. The van der Waals surface area contributed by atoms with E-state index in [1.807, 2.05) is 12.2 Å². The molecule has 1 N–H and O–H groups in total. The summed E-state index contributed by atoms with van der Waals surface area (Å²) in [5, 5.41) is 21.5. The van der Waals surface area contributed by atoms with E-state index in [1.165, 1.54) is 28.9 Å². The number of carbonyl (C=O) groups is 1. The van der Waals surface area contributed by atoms with Crippen LogP contribution in [0.2, 0.25) is 0 Å². The maximum absolute atomic E-state index is 13.8. The summed E-state index contributed by atoms with van der Waals surface area (Å²) in [4.78, 5) is 11.5. The Kier molecular flexibility index (Phi) is 7.94. The average molecular weight is 537 g/mol. The van der Waals surface area contributed by atoms with E-state index in [4.69, 9.17) is 9.47 Å². The quantitative estimate of drug-likeness (QED) is 0.409. The molecule has 2 atom stereocenters. The largest absolute Gasteiger partial charge is 0.481 e. The molecule has 1 saturated heterocycles. The fourth-order valence-electron chi connectivity index (χ4n) is 5.37. The molecule has 0 radical (unpaired) electrons. The highest BCUT2D eigenvalue weighted by Crippen LogP contribution is 2.41. The molecule has 5 rings (SSSR count). The molecule has 1 aromatic heterocycles. The zero-order valence-electron chi connectivity index (χ0n) is 21.6. The number of allylic oxidation sites excluding steroid dienone is 2. The lowest BCUT2D eigenvalue weighted by Gasteiger charge is -2.46. The molecule has 1 saturated carbocycles. The number of carboxylic acid groups (broad SMARTS) is 1. The molecular weight excluding hydrogens is 506 g/mol. The first-order chi connectivity index (χ1) is 18.8. The molecule has 3 aromatic rings. The van der Waals surface area contributed by atoms with Gasteiger partial charge in [-0.2, -0.15) is 0 Å². The van der Waals surface area contributed by atoms with Gasteiger partial charge in [-0.25, -0.2) is 13.5 Å². The Labute approximate surface area is 224 Å². The van der Waals surface area contributed by atoms with Crippen molar-refractivity contribution in [3.05, 3.63) is 89.3 Å². The SMILES string of the molecule is Cn1nnnc1C(/C=C/[C@H]1C[C@@H](CC(=O)O)OC2(CCCCC2)O1)=C(c1ccc(F)cc1)c1ccc(F)cc1. The number of carboxylic acids is 1. The number of hydrogen-bond donors (Lipinski definition) is 1. The van der Waals surface area contributed by atoms with Gasteiger partial charge in [0.15, 0.2) is 11.6 Å². The molecule has 2 aliphatic rings. The van der Waals surface area contributed by atoms with Gasteiger partial charge in [-0.05, 0) is 64.2 Å². The van der Waals surface area contributed by atoms with Gasteiger partial charge in [0.2, 0.25) is 0 Å². The number of benzene rings is 2. The Balaban J connectivity index is 1.61. The molecule has 2 aromatic carbocycles. The fraction of sp³-hybridized carbons (Fsp3) is 0.379. The highest BCUT2D eigenvalue weighted by molar-refractivity contribution is 6.00. The molecule has 39 heavy (non-hydrogen) atoms. The molecule has 10 heteroatoms. The first-order valence-corrected chi connectivity index (χ1v) is 13.1. The highest BCUT2D eigenvalue weighted by atomic mass is 19.1. The van der Waals surface area contributed by atoms with E-state index in [0.717, 1.165) is 19.3 Å². The number of aliphatic carboxylic acids is 1. The first-order valence-electron chi connectivity index (χ1n) is 13.1. The topological polar surface area (TPSA) is 99.4 Å². The van der Waals surface area contributed by atoms with E-state index in [-0.39, 0.29) is 18.1 Å². The van der Waals surface area contributed by atoms with Crippen molar-refractivity contribution in [1.82, 2.24) is 20.2 Å². The minimum Gasteiger partial charge on any atom is -0.481 e. The maximum atomic E-state index is 13.8. The van der Waals surface area contributed by atoms with Gasteiger partial charge in [0, 0.05) is 31.9 Å². The molecular formula is C29H30F2N4O4. The standard InChI is InChI=1S/C29H30F2N4O4/c1-35-28(32-33-34-35)25(27(19-5-9-21(30)10-6-19)20-7-11-22(31)12-8-20)14-13-23-17-24(18-26(36)37)39-29(38-23)15-3-2-4-16-29/h5-14,23-24H,2-4,15-18H2,1H3,(H,36,37)/b14-13+/t23-,24-/m0/s1. The minimum absolute atomic E-state index is 0.109. The van der Waals surface area contributed by atoms with Crippen molar-refractivity contribution >= 4 is 17.1 Å². The zero-order chi connectivity index (χ0) is 27.4. The van der Waals surface area contributed by atoms with Crippen LogP contribution in [-0.4, -0.2) is 49.3 Å². The third-order valence-electron chi connectivity index (χ3n) is 7.13. The Hall–Kier alpha value is -3.76. The van der Waals surface area contributed by atoms with Gasteiger partial charge in [-0.3, -0.25) is 4.79 Å². The van der Waals surface area contributed by atoms with E-state index in [2.05, 4.69) is 15.5 Å². The van der Waals surface area contributed by atoms with Crippen LogP contribution in [0.3, 0.4) is 0 Å². The van der Waals surface area contributed by atoms with Crippen LogP contribution in [0.4, 0.5) is 8.78 Å². The van der Waals surface area contributed by atoms with Gasteiger partial charge in [0.05, 0.1) is 18.6 Å². The maximum Gasteiger partial charge on any atom is 0.305 e. The summed E-state index contributed by atoms with van der Waals surface area (Å²) in [6, 6.07) is 12.0. The van der Waals surface area contributed by atoms with E-state index >= 15 is 0 Å². The molecule has 1 aliphatic heterocycles. The van der Waals surface area contributed by atoms with Crippen molar-refractivity contribution in [2.45, 2.75) is 62.9 Å². The number of aryl methyl sites for hydroxylation is 1. The smallest absolute Gasteiger partial charge is 0.305 e. The number of ether oxygens (including phenoxy) is 2. The Morgan fingerprint density at radius 1 is 1.03 bits per heavy atom. The van der Waals surface area contributed by atoms with Crippen LogP contribution < -0.4 is 0 Å². The summed E-state index contributed by atoms with van der Waals surface area (Å²) < 4.78 is 41.9. The molecule has 2 fully saturated rings. The van der Waals surface area contributed by atoms with Crippen molar-refractivity contribution in [2.24, 2.45) is 7.05 Å². The Morgan fingerprint density at radius 2 is 1.64 bits per heavy atom. The van der Waals surface area contributed by atoms with Crippen LogP contribution >= 0.6 is 0 Å². The third-order valence-corrected chi connectivity index (χ3v) is 7.13. The highest BCUT2D eigenvalue weighted by Gasteiger charge is 2.43. The summed E-state index contributed by atoms with van der Waals surface area (Å²) in [5.41, 5.74) is 2.66. The van der Waals surface area contributed by atoms with Crippen LogP contribution in [0.5, 0.6) is 0 Å². The predicted molar refractivity (Wildman–Crippen MR) is 139 cm³/mol. The van der Waals surface area contributed by atoms with E-state index in [9.17, 15) is 18.7 Å². The second-order valence-electron chi connectivity index (χ2n) is 9.99. The molecule has 0 unspecified atom stereocenters. The minimum atomic E-state index is -0.920. The molecule has 0 amide bonds. The normalized spacial score (nSPS) is 20.8. The van der Waals surface area contributed by atoms with Crippen molar-refractivity contribution in [2.75, 3.05) is 0 Å². The van der Waals surface area contributed by atoms with Gasteiger partial charge in [0.25, 0.3) is 0 Å². The molecule has 0 bridgehead atoms. The van der Waals surface area contributed by atoms with Crippen LogP contribution in [-0.2, 0) is 21.3 Å². The van der Waals surface area contributed by atoms with Crippen molar-refractivity contribution in [3.8, 4) is 0 Å². The second-order valence-corrected chi connectivity index (χ2v) is 9.99. The van der Waals surface area contributed by atoms with Gasteiger partial charge in [-0.15, -0.1) is 5.10 Å². The lowest BCUT2D eigenvalue weighted by Crippen LogP contribution is -2.49. The lowest BCUT2D eigenvalue weighted by atomic mass is 9.90. The van der Waals surface area contributed by atoms with Crippen LogP contribution in [0.25, 0.3) is 11.1 Å². The van der Waals surface area contributed by atoms with Crippen molar-refractivity contribution in [1.29, 1.82) is 0 Å². The van der Waals surface area contributed by atoms with Gasteiger partial charge < -0.3 is 14.6 Å². The van der Waals surface area contributed by atoms with Crippen molar-refractivity contribution in [3.63, 3.8) is 0 Å². The lowest BCUT2D eigenvalue weighted by molar-refractivity contribution is -0.320. The number of hydrogen-bond acceptors (Lipinski definition) is 6. The summed E-state index contributed by atoms with van der Waals surface area (Å²) >= 11 is 0. The molecule has 204 valence electrons. The first kappa shape index (κ1) is 26.8. The number of aromatic nitrogens is 4. The Morgan fingerprint density at radius 3 is 2.18 bits per heavy atom. The third kappa shape index (κ3) is 6.29. The molecule has 2 heterocycles. The monoisotopic (exact) mass is 536 g/mol. The van der Waals surface area contributed by atoms with Gasteiger partial charge >= 0.3 is 5.97 Å². The van der Waals surface area contributed by atoms with Gasteiger partial charge in [-0.1, -0.05) is 42.8 Å². The zero-order valence-corrected chi connectivity index (χ0v) is 21.6. The van der Waals surface area contributed by atoms with Crippen LogP contribution in [0.15, 0.2) is 60.7 Å². The van der Waals surface area contributed by atoms with E-state index < -0.39 is 24.0 Å². The number of tetrazole rings is 1. The molecule has 1 aliphatic carbocycles. The Bertz CT molecular complexity index is 1320. The summed E-state index contributed by atoms with van der Waals surface area (Å²) in [6.07, 6.45) is 7.49. The second kappa shape index (κ2) is 11.5. The molecule has 1 spiro atoms. The predicted octanol–water partition coefficient (Wildman–Crippen LogP) is 5.31.